The number of hydrogen-bond acceptors (Lipinski definition) is 3. The van der Waals surface area contributed by atoms with Crippen molar-refractivity contribution in [2.45, 2.75) is 4.90 Å². The number of anilines is 1. The Hall–Kier alpha value is 0.566. The summed E-state index contributed by atoms with van der Waals surface area (Å²) in [6.45, 7) is 0. The topological polar surface area (TPSA) is 86.2 Å². The average Bonchev–Trinajstić information content (AvgIpc) is 1.86. The van der Waals surface area contributed by atoms with Gasteiger partial charge in [0.1, 0.15) is 0 Å². The van der Waals surface area contributed by atoms with Crippen molar-refractivity contribution in [3.8, 4) is 0 Å². The van der Waals surface area contributed by atoms with Gasteiger partial charge in [0.25, 0.3) is 0 Å². The molecule has 0 saturated carbocycles. The van der Waals surface area contributed by atoms with Gasteiger partial charge in [-0.15, -0.1) is 0 Å². The van der Waals surface area contributed by atoms with Crippen molar-refractivity contribution < 1.29 is 8.42 Å². The molecule has 0 fully saturated rings. The van der Waals surface area contributed by atoms with E-state index in [-0.39, 0.29) is 56.3 Å². The second-order valence-corrected chi connectivity index (χ2v) is 3.68. The van der Waals surface area contributed by atoms with Gasteiger partial charge in [0.15, 0.2) is 0 Å². The van der Waals surface area contributed by atoms with Crippen LogP contribution < -0.4 is 10.9 Å². The predicted molar refractivity (Wildman–Crippen MR) is 48.0 cm³/mol. The van der Waals surface area contributed by atoms with Crippen LogP contribution in [0, 0.1) is 0 Å². The number of nitrogens with two attached hydrogens (primary N) is 2. The number of benzene rings is 1. The first-order valence-corrected chi connectivity index (χ1v) is 4.43. The van der Waals surface area contributed by atoms with Crippen LogP contribution in [-0.4, -0.2) is 59.8 Å². The number of rotatable bonds is 1. The minimum absolute atomic E-state index is 0. The van der Waals surface area contributed by atoms with Gasteiger partial charge in [0.05, 0.1) is 4.90 Å². The molecular weight excluding hydrogens is 203 g/mol. The summed E-state index contributed by atoms with van der Waals surface area (Å²) in [5.74, 6) is 0. The van der Waals surface area contributed by atoms with Crippen LogP contribution >= 0.6 is 0 Å². The van der Waals surface area contributed by atoms with Gasteiger partial charge in [-0.2, -0.15) is 0 Å². The molecule has 1 radical (unpaired) electrons. The van der Waals surface area contributed by atoms with E-state index in [2.05, 4.69) is 0 Å². The summed E-state index contributed by atoms with van der Waals surface area (Å²) < 4.78 is 21.4. The number of sulfonamides is 1. The molecule has 6 heteroatoms. The summed E-state index contributed by atoms with van der Waals surface area (Å²) in [5.41, 5.74) is 5.85. The Balaban J connectivity index is 0.00000121. The van der Waals surface area contributed by atoms with E-state index < -0.39 is 10.0 Å². The standard InChI is InChI=1S/C6H8N2O2S.K/c7-5-1-3-6(4-2-5)11(8,9)10;/h1-4H,7H2,(H2,8,9,10);. The predicted octanol–water partition coefficient (Wildman–Crippen LogP) is -0.465. The Morgan fingerprint density at radius 3 is 1.83 bits per heavy atom. The summed E-state index contributed by atoms with van der Waals surface area (Å²) >= 11 is 0. The second-order valence-electron chi connectivity index (χ2n) is 2.11. The van der Waals surface area contributed by atoms with Crippen molar-refractivity contribution in [3.05, 3.63) is 24.3 Å². The molecule has 0 saturated heterocycles. The van der Waals surface area contributed by atoms with Crippen LogP contribution in [0.2, 0.25) is 0 Å². The molecule has 0 heterocycles. The van der Waals surface area contributed by atoms with Gasteiger partial charge in [-0.3, -0.25) is 0 Å². The molecule has 0 bridgehead atoms. The van der Waals surface area contributed by atoms with Crippen LogP contribution in [-0.2, 0) is 10.0 Å². The van der Waals surface area contributed by atoms with Crippen molar-refractivity contribution in [2.75, 3.05) is 5.73 Å². The van der Waals surface area contributed by atoms with Crippen LogP contribution in [0.1, 0.15) is 0 Å². The Kier molecular flexibility index (Phi) is 4.93. The molecule has 0 spiro atoms. The summed E-state index contributed by atoms with van der Waals surface area (Å²) in [6.07, 6.45) is 0. The van der Waals surface area contributed by atoms with Crippen molar-refractivity contribution >= 4 is 67.1 Å². The molecular formula is C6H8KN2O2S. The fourth-order valence-electron chi connectivity index (χ4n) is 0.658. The van der Waals surface area contributed by atoms with Gasteiger partial charge >= 0.3 is 0 Å². The first-order valence-electron chi connectivity index (χ1n) is 2.88. The fourth-order valence-corrected chi connectivity index (χ4v) is 1.17. The fraction of sp³-hybridized carbons (Fsp3) is 0. The smallest absolute Gasteiger partial charge is 0.238 e. The minimum atomic E-state index is -3.58. The molecule has 0 atom stereocenters. The van der Waals surface area contributed by atoms with Crippen LogP contribution in [0.25, 0.3) is 0 Å². The van der Waals surface area contributed by atoms with Gasteiger partial charge in [-0.05, 0) is 24.3 Å². The van der Waals surface area contributed by atoms with Crippen LogP contribution in [0.5, 0.6) is 0 Å². The molecule has 12 heavy (non-hydrogen) atoms. The average molecular weight is 211 g/mol. The third kappa shape index (κ3) is 3.52. The van der Waals surface area contributed by atoms with Crippen molar-refractivity contribution in [3.63, 3.8) is 0 Å². The van der Waals surface area contributed by atoms with Crippen molar-refractivity contribution in [1.82, 2.24) is 0 Å². The minimum Gasteiger partial charge on any atom is -0.399 e. The Morgan fingerprint density at radius 1 is 1.08 bits per heavy atom. The quantitative estimate of drug-likeness (QED) is 0.486. The van der Waals surface area contributed by atoms with Crippen LogP contribution in [0.3, 0.4) is 0 Å². The summed E-state index contributed by atoms with van der Waals surface area (Å²) in [7, 11) is -3.58. The van der Waals surface area contributed by atoms with E-state index in [4.69, 9.17) is 10.9 Å². The Morgan fingerprint density at radius 2 is 1.50 bits per heavy atom. The maximum atomic E-state index is 10.7. The van der Waals surface area contributed by atoms with E-state index in [1.54, 1.807) is 0 Å². The zero-order valence-electron chi connectivity index (χ0n) is 6.69. The summed E-state index contributed by atoms with van der Waals surface area (Å²) in [4.78, 5) is 0.0756. The summed E-state index contributed by atoms with van der Waals surface area (Å²) in [5, 5.41) is 4.84. The molecule has 0 aliphatic rings. The van der Waals surface area contributed by atoms with Gasteiger partial charge in [0, 0.05) is 57.1 Å². The van der Waals surface area contributed by atoms with E-state index in [9.17, 15) is 8.42 Å². The van der Waals surface area contributed by atoms with Crippen LogP contribution in [0.4, 0.5) is 5.69 Å². The van der Waals surface area contributed by atoms with E-state index >= 15 is 0 Å². The molecule has 1 rings (SSSR count). The maximum Gasteiger partial charge on any atom is 0.238 e. The molecule has 0 aromatic heterocycles. The second kappa shape index (κ2) is 4.71. The SMILES string of the molecule is Nc1ccc(S(N)(=O)=O)cc1.[K]. The number of primary sulfonamides is 1. The molecule has 0 aliphatic heterocycles. The molecule has 4 N–H and O–H groups in total. The van der Waals surface area contributed by atoms with Crippen LogP contribution in [0.15, 0.2) is 29.2 Å². The zero-order chi connectivity index (χ0) is 8.48. The normalized spacial score (nSPS) is 10.4. The summed E-state index contributed by atoms with van der Waals surface area (Å²) in [6, 6.07) is 5.70. The van der Waals surface area contributed by atoms with E-state index in [0.717, 1.165) is 0 Å². The maximum absolute atomic E-state index is 10.7. The first-order chi connectivity index (χ1) is 5.00. The molecule has 0 unspecified atom stereocenters. The molecule has 61 valence electrons. The first kappa shape index (κ1) is 12.6. The monoisotopic (exact) mass is 211 g/mol. The Labute approximate surface area is 114 Å². The van der Waals surface area contributed by atoms with Gasteiger partial charge < -0.3 is 5.73 Å². The van der Waals surface area contributed by atoms with Gasteiger partial charge in [-0.1, -0.05) is 0 Å². The number of nitrogen functional groups attached to an aromatic ring is 1. The van der Waals surface area contributed by atoms with Gasteiger partial charge in [-0.25, -0.2) is 13.6 Å². The zero-order valence-corrected chi connectivity index (χ0v) is 10.6. The Bertz CT molecular complexity index is 346. The molecule has 1 aromatic carbocycles. The third-order valence-corrected chi connectivity index (χ3v) is 2.14. The molecule has 1 aromatic rings. The third-order valence-electron chi connectivity index (χ3n) is 1.21. The van der Waals surface area contributed by atoms with Crippen molar-refractivity contribution in [2.24, 2.45) is 5.14 Å². The van der Waals surface area contributed by atoms with Crippen molar-refractivity contribution in [1.29, 1.82) is 0 Å². The van der Waals surface area contributed by atoms with E-state index in [0.29, 0.717) is 5.69 Å². The largest absolute Gasteiger partial charge is 0.399 e. The number of hydrogen-bond donors (Lipinski definition) is 2. The van der Waals surface area contributed by atoms with E-state index in [1.807, 2.05) is 0 Å². The molecule has 4 nitrogen and oxygen atoms in total. The van der Waals surface area contributed by atoms with Gasteiger partial charge in [0.2, 0.25) is 10.0 Å². The molecule has 0 amide bonds. The van der Waals surface area contributed by atoms with E-state index in [1.165, 1.54) is 24.3 Å². The molecule has 0 aliphatic carbocycles.